The molecule has 13 heteroatoms. The third-order valence-corrected chi connectivity index (χ3v) is 4.08. The predicted octanol–water partition coefficient (Wildman–Crippen LogP) is 4.34. The van der Waals surface area contributed by atoms with E-state index in [1.54, 1.807) is 6.92 Å². The molecule has 5 nitrogen and oxygen atoms in total. The van der Waals surface area contributed by atoms with Crippen molar-refractivity contribution in [2.75, 3.05) is 6.54 Å². The minimum atomic E-state index is -5.08. The molecule has 3 rings (SSSR count). The highest BCUT2D eigenvalue weighted by molar-refractivity contribution is 9.10. The van der Waals surface area contributed by atoms with Crippen molar-refractivity contribution >= 4 is 27.0 Å². The van der Waals surface area contributed by atoms with Crippen LogP contribution < -0.4 is 14.8 Å². The van der Waals surface area contributed by atoms with Gasteiger partial charge in [0.1, 0.15) is 11.0 Å². The number of halogens is 8. The normalized spacial score (nSPS) is 18.3. The maximum absolute atomic E-state index is 13.5. The van der Waals surface area contributed by atoms with E-state index in [1.807, 2.05) is 0 Å². The molecule has 0 saturated heterocycles. The average molecular weight is 452 g/mol. The first-order valence-corrected chi connectivity index (χ1v) is 7.82. The van der Waals surface area contributed by atoms with Gasteiger partial charge in [-0.25, -0.2) is 4.98 Å². The second-order valence-corrected chi connectivity index (χ2v) is 6.10. The number of nitrogens with one attached hydrogen (secondary N) is 1. The van der Waals surface area contributed by atoms with Crippen LogP contribution in [0.5, 0.6) is 11.5 Å². The van der Waals surface area contributed by atoms with Gasteiger partial charge in [0.05, 0.1) is 6.67 Å². The molecule has 0 saturated carbocycles. The summed E-state index contributed by atoms with van der Waals surface area (Å²) in [6, 6.07) is 0.797. The van der Waals surface area contributed by atoms with Gasteiger partial charge in [-0.05, 0) is 22.5 Å². The number of fused-ring (bicyclic) bond motifs is 3. The summed E-state index contributed by atoms with van der Waals surface area (Å²) in [5, 5.41) is 2.59. The fourth-order valence-corrected chi connectivity index (χ4v) is 2.85. The number of imidazole rings is 1. The molecule has 2 aromatic rings. The molecule has 26 heavy (non-hydrogen) atoms. The van der Waals surface area contributed by atoms with Crippen LogP contribution in [0.3, 0.4) is 0 Å². The molecule has 0 bridgehead atoms. The van der Waals surface area contributed by atoms with E-state index in [2.05, 4.69) is 35.7 Å². The smallest absolute Gasteiger partial charge is 0.421 e. The van der Waals surface area contributed by atoms with Crippen LogP contribution in [0.4, 0.5) is 30.7 Å². The van der Waals surface area contributed by atoms with Crippen LogP contribution in [0, 0.1) is 0 Å². The van der Waals surface area contributed by atoms with E-state index < -0.39 is 53.4 Å². The van der Waals surface area contributed by atoms with Crippen LogP contribution in [0.1, 0.15) is 12.7 Å². The Morgan fingerprint density at radius 3 is 2.38 bits per heavy atom. The van der Waals surface area contributed by atoms with Crippen LogP contribution in [0.2, 0.25) is 0 Å². The number of nitrogens with zero attached hydrogens (tertiary/aromatic N) is 2. The van der Waals surface area contributed by atoms with Gasteiger partial charge in [0, 0.05) is 10.5 Å². The molecule has 0 atom stereocenters. The molecule has 0 fully saturated rings. The number of alkyl halides is 7. The van der Waals surface area contributed by atoms with Crippen LogP contribution in [-0.2, 0) is 12.8 Å². The summed E-state index contributed by atoms with van der Waals surface area (Å²) in [5.41, 5.74) is -0.948. The Balaban J connectivity index is 2.34. The molecule has 0 amide bonds. The Morgan fingerprint density at radius 1 is 1.19 bits per heavy atom. The predicted molar refractivity (Wildman–Crippen MR) is 77.3 cm³/mol. The maximum Gasteiger partial charge on any atom is 0.507 e. The Kier molecular flexibility index (Phi) is 4.30. The molecule has 0 unspecified atom stereocenters. The summed E-state index contributed by atoms with van der Waals surface area (Å²) in [6.07, 6.45) is -15.0. The molecule has 0 radical (unpaired) electrons. The van der Waals surface area contributed by atoms with Gasteiger partial charge in [-0.15, -0.1) is 0 Å². The molecule has 2 heterocycles. The van der Waals surface area contributed by atoms with Crippen molar-refractivity contribution in [3.8, 4) is 11.5 Å². The largest absolute Gasteiger partial charge is 0.507 e. The maximum atomic E-state index is 13.5. The fraction of sp³-hybridized carbons (Fsp3) is 0.462. The van der Waals surface area contributed by atoms with Crippen molar-refractivity contribution in [3.05, 3.63) is 16.4 Å². The third-order valence-electron chi connectivity index (χ3n) is 3.47. The van der Waals surface area contributed by atoms with E-state index in [1.165, 1.54) is 0 Å². The molecule has 1 aliphatic heterocycles. The van der Waals surface area contributed by atoms with Gasteiger partial charge in [-0.1, -0.05) is 6.92 Å². The molecule has 144 valence electrons. The van der Waals surface area contributed by atoms with Crippen molar-refractivity contribution in [2.45, 2.75) is 32.0 Å². The van der Waals surface area contributed by atoms with Gasteiger partial charge in [-0.2, -0.15) is 30.7 Å². The zero-order chi connectivity index (χ0) is 19.5. The first-order valence-electron chi connectivity index (χ1n) is 7.03. The van der Waals surface area contributed by atoms with Crippen molar-refractivity contribution in [3.63, 3.8) is 0 Å². The molecule has 0 aliphatic carbocycles. The van der Waals surface area contributed by atoms with E-state index in [9.17, 15) is 30.7 Å². The van der Waals surface area contributed by atoms with E-state index in [-0.39, 0.29) is 11.0 Å². The topological polar surface area (TPSA) is 48.3 Å². The standard InChI is InChI=1S/C13H9BrF7N3O2/c1-2-22-4-24-8-7(23-10(24)11(15,16)17)5(14)3-6-9(8)26-13(20,21)12(18,19)25-6/h3,22H,2,4H2,1H3. The molecule has 0 spiro atoms. The van der Waals surface area contributed by atoms with Crippen molar-refractivity contribution in [1.29, 1.82) is 0 Å². The quantitative estimate of drug-likeness (QED) is 0.705. The summed E-state index contributed by atoms with van der Waals surface area (Å²) < 4.78 is 102. The lowest BCUT2D eigenvalue weighted by Gasteiger charge is -2.32. The Morgan fingerprint density at radius 2 is 1.81 bits per heavy atom. The second kappa shape index (κ2) is 5.87. The highest BCUT2D eigenvalue weighted by Gasteiger charge is 2.66. The molecule has 1 aromatic heterocycles. The lowest BCUT2D eigenvalue weighted by Crippen LogP contribution is -2.52. The summed E-state index contributed by atoms with van der Waals surface area (Å²) in [7, 11) is 0. The van der Waals surface area contributed by atoms with Gasteiger partial charge in [0.15, 0.2) is 11.5 Å². The number of rotatable bonds is 3. The Bertz CT molecular complexity index is 866. The number of hydrogen-bond acceptors (Lipinski definition) is 4. The lowest BCUT2D eigenvalue weighted by atomic mass is 10.2. The van der Waals surface area contributed by atoms with E-state index >= 15 is 0 Å². The van der Waals surface area contributed by atoms with E-state index in [0.29, 0.717) is 4.57 Å². The molecule has 1 aromatic carbocycles. The fourth-order valence-electron chi connectivity index (χ4n) is 2.37. The van der Waals surface area contributed by atoms with Crippen LogP contribution in [0.15, 0.2) is 10.5 Å². The zero-order valence-electron chi connectivity index (χ0n) is 12.7. The van der Waals surface area contributed by atoms with E-state index in [0.717, 1.165) is 6.07 Å². The minimum Gasteiger partial charge on any atom is -0.421 e. The SMILES string of the molecule is CCNCn1c(C(F)(F)F)nc2c(Br)cc3c(c21)OC(F)(F)C(F)(F)O3. The number of hydrogen-bond donors (Lipinski definition) is 1. The first kappa shape index (κ1) is 19.0. The van der Waals surface area contributed by atoms with E-state index in [4.69, 9.17) is 0 Å². The summed E-state index contributed by atoms with van der Waals surface area (Å²) in [5.74, 6) is -3.21. The minimum absolute atomic E-state index is 0.156. The Hall–Kier alpha value is -1.76. The van der Waals surface area contributed by atoms with Gasteiger partial charge in [0.25, 0.3) is 0 Å². The van der Waals surface area contributed by atoms with Gasteiger partial charge >= 0.3 is 18.4 Å². The zero-order valence-corrected chi connectivity index (χ0v) is 14.3. The monoisotopic (exact) mass is 451 g/mol. The third kappa shape index (κ3) is 2.86. The van der Waals surface area contributed by atoms with Crippen molar-refractivity contribution in [1.82, 2.24) is 14.9 Å². The lowest BCUT2D eigenvalue weighted by molar-refractivity contribution is -0.391. The summed E-state index contributed by atoms with van der Waals surface area (Å²) in [4.78, 5) is 3.41. The van der Waals surface area contributed by atoms with Gasteiger partial charge in [-0.3, -0.25) is 5.32 Å². The molecule has 1 N–H and O–H groups in total. The van der Waals surface area contributed by atoms with Crippen molar-refractivity contribution < 1.29 is 40.2 Å². The van der Waals surface area contributed by atoms with Crippen LogP contribution >= 0.6 is 15.9 Å². The van der Waals surface area contributed by atoms with Crippen molar-refractivity contribution in [2.24, 2.45) is 0 Å². The summed E-state index contributed by atoms with van der Waals surface area (Å²) >= 11 is 2.89. The van der Waals surface area contributed by atoms with Gasteiger partial charge < -0.3 is 14.0 Å². The number of benzene rings is 1. The highest BCUT2D eigenvalue weighted by atomic mass is 79.9. The second-order valence-electron chi connectivity index (χ2n) is 5.24. The van der Waals surface area contributed by atoms with Crippen LogP contribution in [-0.4, -0.2) is 28.3 Å². The average Bonchev–Trinajstić information content (AvgIpc) is 2.87. The molecular weight excluding hydrogens is 443 g/mol. The number of ether oxygens (including phenoxy) is 2. The van der Waals surface area contributed by atoms with Gasteiger partial charge in [0.2, 0.25) is 5.82 Å². The molecule has 1 aliphatic rings. The highest BCUT2D eigenvalue weighted by Crippen LogP contribution is 2.52. The summed E-state index contributed by atoms with van der Waals surface area (Å²) in [6.45, 7) is 1.38. The molecular formula is C13H9BrF7N3O2. The first-order chi connectivity index (χ1) is 11.9. The number of aromatic nitrogens is 2. The Labute approximate surface area is 149 Å². The van der Waals surface area contributed by atoms with Crippen LogP contribution in [0.25, 0.3) is 11.0 Å².